The number of hydrogen-bond acceptors (Lipinski definition) is 3. The molecular formula is C15H20N2O3. The zero-order valence-corrected chi connectivity index (χ0v) is 12.2. The second kappa shape index (κ2) is 5.25. The summed E-state index contributed by atoms with van der Waals surface area (Å²) in [6.07, 6.45) is 0. The summed E-state index contributed by atoms with van der Waals surface area (Å²) in [7, 11) is 1.59. The van der Waals surface area contributed by atoms with Crippen LogP contribution in [0.25, 0.3) is 0 Å². The maximum absolute atomic E-state index is 12.1. The molecule has 1 aliphatic heterocycles. The van der Waals surface area contributed by atoms with Gasteiger partial charge in [-0.05, 0) is 38.5 Å². The Morgan fingerprint density at radius 1 is 1.45 bits per heavy atom. The summed E-state index contributed by atoms with van der Waals surface area (Å²) in [6, 6.07) is 5.24. The van der Waals surface area contributed by atoms with Gasteiger partial charge >= 0.3 is 0 Å². The van der Waals surface area contributed by atoms with Crippen LogP contribution in [0.3, 0.4) is 0 Å². The number of hydrogen-bond donors (Lipinski definition) is 2. The first kappa shape index (κ1) is 14.5. The lowest BCUT2D eigenvalue weighted by atomic mass is 9.86. The van der Waals surface area contributed by atoms with Crippen LogP contribution in [-0.4, -0.2) is 31.6 Å². The molecule has 20 heavy (non-hydrogen) atoms. The molecule has 0 fully saturated rings. The minimum absolute atomic E-state index is 0.0437. The molecule has 0 aliphatic carbocycles. The lowest BCUT2D eigenvalue weighted by Crippen LogP contribution is -2.35. The number of benzene rings is 1. The monoisotopic (exact) mass is 276 g/mol. The number of anilines is 1. The maximum atomic E-state index is 12.1. The average Bonchev–Trinajstić information content (AvgIpc) is 2.60. The van der Waals surface area contributed by atoms with Gasteiger partial charge in [0.05, 0.1) is 12.0 Å². The largest absolute Gasteiger partial charge is 0.383 e. The number of rotatable bonds is 4. The Hall–Kier alpha value is -1.88. The SMILES string of the molecule is COC[C@@H](C)NC(=O)c1ccc2c(c1)NC(=O)C2(C)C. The third-order valence-corrected chi connectivity index (χ3v) is 3.57. The van der Waals surface area contributed by atoms with Crippen molar-refractivity contribution in [3.63, 3.8) is 0 Å². The molecule has 5 nitrogen and oxygen atoms in total. The van der Waals surface area contributed by atoms with E-state index in [-0.39, 0.29) is 17.9 Å². The number of fused-ring (bicyclic) bond motifs is 1. The highest BCUT2D eigenvalue weighted by molar-refractivity contribution is 6.07. The van der Waals surface area contributed by atoms with E-state index in [1.54, 1.807) is 19.2 Å². The molecule has 1 heterocycles. The summed E-state index contributed by atoms with van der Waals surface area (Å²) in [4.78, 5) is 24.0. The molecule has 2 amide bonds. The number of amides is 2. The van der Waals surface area contributed by atoms with E-state index < -0.39 is 5.41 Å². The summed E-state index contributed by atoms with van der Waals surface area (Å²) in [5.41, 5.74) is 1.62. The predicted molar refractivity (Wildman–Crippen MR) is 76.9 cm³/mol. The van der Waals surface area contributed by atoms with Gasteiger partial charge in [-0.15, -0.1) is 0 Å². The van der Waals surface area contributed by atoms with E-state index in [1.165, 1.54) is 0 Å². The summed E-state index contributed by atoms with van der Waals surface area (Å²) in [5, 5.41) is 5.66. The van der Waals surface area contributed by atoms with Crippen LogP contribution < -0.4 is 10.6 Å². The van der Waals surface area contributed by atoms with Gasteiger partial charge in [0.2, 0.25) is 5.91 Å². The lowest BCUT2D eigenvalue weighted by molar-refractivity contribution is -0.119. The maximum Gasteiger partial charge on any atom is 0.251 e. The predicted octanol–water partition coefficient (Wildman–Crippen LogP) is 1.68. The van der Waals surface area contributed by atoms with Crippen LogP contribution in [0, 0.1) is 0 Å². The molecular weight excluding hydrogens is 256 g/mol. The normalized spacial score (nSPS) is 17.3. The highest BCUT2D eigenvalue weighted by atomic mass is 16.5. The van der Waals surface area contributed by atoms with Crippen LogP contribution in [0.2, 0.25) is 0 Å². The van der Waals surface area contributed by atoms with Crippen molar-refractivity contribution in [1.29, 1.82) is 0 Å². The first-order chi connectivity index (χ1) is 9.36. The van der Waals surface area contributed by atoms with E-state index in [4.69, 9.17) is 4.74 Å². The van der Waals surface area contributed by atoms with E-state index in [1.807, 2.05) is 26.8 Å². The smallest absolute Gasteiger partial charge is 0.251 e. The summed E-state index contributed by atoms with van der Waals surface area (Å²) >= 11 is 0. The molecule has 108 valence electrons. The molecule has 2 N–H and O–H groups in total. The van der Waals surface area contributed by atoms with Gasteiger partial charge in [0, 0.05) is 24.4 Å². The van der Waals surface area contributed by atoms with Crippen molar-refractivity contribution >= 4 is 17.5 Å². The Kier molecular flexibility index (Phi) is 3.81. The third kappa shape index (κ3) is 2.54. The Balaban J connectivity index is 2.19. The summed E-state index contributed by atoms with van der Waals surface area (Å²) < 4.78 is 4.98. The quantitative estimate of drug-likeness (QED) is 0.879. The molecule has 0 spiro atoms. The van der Waals surface area contributed by atoms with E-state index in [0.29, 0.717) is 17.9 Å². The van der Waals surface area contributed by atoms with Crippen LogP contribution in [-0.2, 0) is 14.9 Å². The van der Waals surface area contributed by atoms with Crippen LogP contribution in [0.5, 0.6) is 0 Å². The van der Waals surface area contributed by atoms with Crippen molar-refractivity contribution in [3.05, 3.63) is 29.3 Å². The van der Waals surface area contributed by atoms with Crippen molar-refractivity contribution in [2.45, 2.75) is 32.2 Å². The number of nitrogens with one attached hydrogen (secondary N) is 2. The van der Waals surface area contributed by atoms with Crippen LogP contribution >= 0.6 is 0 Å². The molecule has 0 saturated heterocycles. The number of carbonyl (C=O) groups is 2. The van der Waals surface area contributed by atoms with Crippen molar-refractivity contribution in [1.82, 2.24) is 5.32 Å². The van der Waals surface area contributed by atoms with Crippen LogP contribution in [0.1, 0.15) is 36.7 Å². The Bertz CT molecular complexity index is 552. The molecule has 0 unspecified atom stereocenters. The Morgan fingerprint density at radius 2 is 2.15 bits per heavy atom. The second-order valence-electron chi connectivity index (χ2n) is 5.67. The number of carbonyl (C=O) groups excluding carboxylic acids is 2. The topological polar surface area (TPSA) is 67.4 Å². The third-order valence-electron chi connectivity index (χ3n) is 3.57. The van der Waals surface area contributed by atoms with E-state index in [0.717, 1.165) is 5.56 Å². The zero-order chi connectivity index (χ0) is 14.9. The average molecular weight is 276 g/mol. The second-order valence-corrected chi connectivity index (χ2v) is 5.67. The van der Waals surface area contributed by atoms with Crippen molar-refractivity contribution < 1.29 is 14.3 Å². The van der Waals surface area contributed by atoms with Gasteiger partial charge in [-0.2, -0.15) is 0 Å². The molecule has 0 saturated carbocycles. The van der Waals surface area contributed by atoms with Crippen molar-refractivity contribution in [2.75, 3.05) is 19.0 Å². The fourth-order valence-corrected chi connectivity index (χ4v) is 2.33. The standard InChI is InChI=1S/C15H20N2O3/c1-9(8-20-4)16-13(18)10-5-6-11-12(7-10)17-14(19)15(11,2)3/h5-7,9H,8H2,1-4H3,(H,16,18)(H,17,19)/t9-/m1/s1. The van der Waals surface area contributed by atoms with Crippen molar-refractivity contribution in [2.24, 2.45) is 0 Å². The number of ether oxygens (including phenoxy) is 1. The van der Waals surface area contributed by atoms with Gasteiger partial charge < -0.3 is 15.4 Å². The zero-order valence-electron chi connectivity index (χ0n) is 12.2. The lowest BCUT2D eigenvalue weighted by Gasteiger charge is -2.16. The van der Waals surface area contributed by atoms with E-state index in [2.05, 4.69) is 10.6 Å². The first-order valence-corrected chi connectivity index (χ1v) is 6.62. The molecule has 0 aromatic heterocycles. The molecule has 0 bridgehead atoms. The fraction of sp³-hybridized carbons (Fsp3) is 0.467. The van der Waals surface area contributed by atoms with Gasteiger partial charge in [-0.1, -0.05) is 6.07 Å². The van der Waals surface area contributed by atoms with Crippen LogP contribution in [0.4, 0.5) is 5.69 Å². The van der Waals surface area contributed by atoms with E-state index >= 15 is 0 Å². The molecule has 5 heteroatoms. The van der Waals surface area contributed by atoms with Gasteiger partial charge in [0.25, 0.3) is 5.91 Å². The highest BCUT2D eigenvalue weighted by Gasteiger charge is 2.38. The molecule has 0 radical (unpaired) electrons. The van der Waals surface area contributed by atoms with Gasteiger partial charge in [-0.25, -0.2) is 0 Å². The summed E-state index contributed by atoms with van der Waals surface area (Å²) in [5.74, 6) is -0.214. The molecule has 1 aliphatic rings. The van der Waals surface area contributed by atoms with Gasteiger partial charge in [0.15, 0.2) is 0 Å². The van der Waals surface area contributed by atoms with Crippen molar-refractivity contribution in [3.8, 4) is 0 Å². The molecule has 2 rings (SSSR count). The van der Waals surface area contributed by atoms with Crippen LogP contribution in [0.15, 0.2) is 18.2 Å². The molecule has 1 aromatic rings. The minimum Gasteiger partial charge on any atom is -0.383 e. The molecule has 1 atom stereocenters. The number of methoxy groups -OCH3 is 1. The highest BCUT2D eigenvalue weighted by Crippen LogP contribution is 2.37. The molecule has 1 aromatic carbocycles. The van der Waals surface area contributed by atoms with Gasteiger partial charge in [0.1, 0.15) is 0 Å². The summed E-state index contributed by atoms with van der Waals surface area (Å²) in [6.45, 7) is 6.07. The first-order valence-electron chi connectivity index (χ1n) is 6.62. The Morgan fingerprint density at radius 3 is 2.80 bits per heavy atom. The fourth-order valence-electron chi connectivity index (χ4n) is 2.33. The van der Waals surface area contributed by atoms with E-state index in [9.17, 15) is 9.59 Å². The van der Waals surface area contributed by atoms with Gasteiger partial charge in [-0.3, -0.25) is 9.59 Å². The minimum atomic E-state index is -0.548. The Labute approximate surface area is 118 Å².